The van der Waals surface area contributed by atoms with Crippen molar-refractivity contribution in [2.45, 2.75) is 38.3 Å². The van der Waals surface area contributed by atoms with Crippen LogP contribution in [0.4, 0.5) is 0 Å². The fraction of sp³-hybridized carbons (Fsp3) is 0.429. The molecule has 0 aliphatic carbocycles. The van der Waals surface area contributed by atoms with Crippen LogP contribution in [0.25, 0.3) is 0 Å². The summed E-state index contributed by atoms with van der Waals surface area (Å²) < 4.78 is 35.9. The number of benzene rings is 1. The van der Waals surface area contributed by atoms with Crippen LogP contribution in [0.5, 0.6) is 5.75 Å². The first-order valence-electron chi connectivity index (χ1n) is 10.5. The van der Waals surface area contributed by atoms with E-state index in [0.717, 1.165) is 23.9 Å². The summed E-state index contributed by atoms with van der Waals surface area (Å²) in [5.74, 6) is -0.771. The Hall–Kier alpha value is -2.98. The zero-order valence-corrected chi connectivity index (χ0v) is 21.1. The highest BCUT2D eigenvalue weighted by Crippen LogP contribution is 2.49. The highest BCUT2D eigenvalue weighted by atomic mass is 35.5. The summed E-state index contributed by atoms with van der Waals surface area (Å²) in [7, 11) is -3.21. The number of esters is 1. The summed E-state index contributed by atoms with van der Waals surface area (Å²) in [6, 6.07) is 7.97. The van der Waals surface area contributed by atoms with Gasteiger partial charge in [-0.2, -0.15) is 10.3 Å². The maximum atomic E-state index is 13.6. The minimum atomic E-state index is -4.35. The van der Waals surface area contributed by atoms with E-state index in [2.05, 4.69) is 14.8 Å². The van der Waals surface area contributed by atoms with Crippen molar-refractivity contribution in [3.63, 3.8) is 0 Å². The van der Waals surface area contributed by atoms with Gasteiger partial charge in [0.05, 0.1) is 24.8 Å². The molecule has 194 valence electrons. The van der Waals surface area contributed by atoms with Gasteiger partial charge in [0.2, 0.25) is 0 Å². The Bertz CT molecular complexity index is 1330. The maximum Gasteiger partial charge on any atom is 0.459 e. The number of carbonyl (C=O) groups excluding carboxylic acids is 1. The molecule has 1 aliphatic rings. The second kappa shape index (κ2) is 11.0. The van der Waals surface area contributed by atoms with Crippen LogP contribution in [-0.2, 0) is 23.4 Å². The summed E-state index contributed by atoms with van der Waals surface area (Å²) in [5, 5.41) is 23.2. The maximum absolute atomic E-state index is 13.6. The largest absolute Gasteiger partial charge is 0.468 e. The average Bonchev–Trinajstić information content (AvgIpc) is 3.09. The number of H-pyrrole nitrogens is 1. The van der Waals surface area contributed by atoms with Gasteiger partial charge in [0.25, 0.3) is 5.56 Å². The smallest absolute Gasteiger partial charge is 0.459 e. The molecule has 1 aromatic carbocycles. The number of nitriles is 1. The van der Waals surface area contributed by atoms with Crippen molar-refractivity contribution in [3.8, 4) is 11.8 Å². The van der Waals surface area contributed by atoms with Crippen molar-refractivity contribution in [1.29, 1.82) is 5.26 Å². The minimum absolute atomic E-state index is 0.0144. The molecule has 6 atom stereocenters. The second-order valence-corrected chi connectivity index (χ2v) is 10.2. The number of hydrogen-bond donors (Lipinski definition) is 3. The SMILES string of the molecule is COC(=O)[C@H](C)NP(=O)(OC[C@H]1O[C@@H](n2ccc(=O)[nH]c2=O)[C@](C)(C#N)[C@@H]1O)Oc1ccccc1Cl. The molecule has 36 heavy (non-hydrogen) atoms. The van der Waals surface area contributed by atoms with E-state index in [4.69, 9.17) is 25.4 Å². The van der Waals surface area contributed by atoms with Gasteiger partial charge in [0.15, 0.2) is 6.23 Å². The number of halogens is 1. The molecule has 1 saturated heterocycles. The standard InChI is InChI=1S/C21H24ClN4O9P/c1-12(18(29)32-3)25-36(31,35-14-7-5-4-6-13(14)22)33-10-15-17(28)21(2,11-23)19(34-15)26-9-8-16(27)24-20(26)30/h4-9,12,15,17,19,28H,10H2,1-3H3,(H,25,31)(H,24,27,30)/t12-,15+,17+,19+,21+,36?/m0/s1. The fourth-order valence-corrected chi connectivity index (χ4v) is 5.26. The Labute approximate surface area is 210 Å². The van der Waals surface area contributed by atoms with Gasteiger partial charge in [-0.25, -0.2) is 9.36 Å². The lowest BCUT2D eigenvalue weighted by Crippen LogP contribution is -2.41. The van der Waals surface area contributed by atoms with E-state index in [9.17, 15) is 29.3 Å². The van der Waals surface area contributed by atoms with E-state index in [1.165, 1.54) is 26.0 Å². The number of aromatic amines is 1. The van der Waals surface area contributed by atoms with E-state index in [1.54, 1.807) is 12.1 Å². The van der Waals surface area contributed by atoms with E-state index in [1.807, 2.05) is 6.07 Å². The highest BCUT2D eigenvalue weighted by Gasteiger charge is 2.55. The lowest BCUT2D eigenvalue weighted by Gasteiger charge is -2.26. The number of aliphatic hydroxyl groups excluding tert-OH is 1. The summed E-state index contributed by atoms with van der Waals surface area (Å²) in [6.45, 7) is 2.14. The monoisotopic (exact) mass is 542 g/mol. The van der Waals surface area contributed by atoms with E-state index in [-0.39, 0.29) is 10.8 Å². The number of carbonyl (C=O) groups is 1. The zero-order chi connectivity index (χ0) is 26.7. The normalized spacial score (nSPS) is 25.9. The Balaban J connectivity index is 1.87. The van der Waals surface area contributed by atoms with Crippen LogP contribution >= 0.6 is 19.3 Å². The topological polar surface area (TPSA) is 182 Å². The van der Waals surface area contributed by atoms with E-state index >= 15 is 0 Å². The number of rotatable bonds is 9. The van der Waals surface area contributed by atoms with Crippen molar-refractivity contribution >= 4 is 25.3 Å². The van der Waals surface area contributed by atoms with Crippen molar-refractivity contribution in [2.75, 3.05) is 13.7 Å². The average molecular weight is 543 g/mol. The molecule has 2 heterocycles. The van der Waals surface area contributed by atoms with Crippen LogP contribution in [0.2, 0.25) is 5.02 Å². The Morgan fingerprint density at radius 3 is 2.72 bits per heavy atom. The molecule has 0 saturated carbocycles. The van der Waals surface area contributed by atoms with E-state index in [0.29, 0.717) is 0 Å². The number of para-hydroxylation sites is 1. The van der Waals surface area contributed by atoms with Crippen molar-refractivity contribution < 1.29 is 33.0 Å². The number of nitrogens with one attached hydrogen (secondary N) is 2. The van der Waals surface area contributed by atoms with Crippen LogP contribution in [0.15, 0.2) is 46.1 Å². The number of aliphatic hydroxyl groups is 1. The van der Waals surface area contributed by atoms with Gasteiger partial charge in [0.1, 0.15) is 29.4 Å². The molecule has 0 bridgehead atoms. The molecule has 0 radical (unpaired) electrons. The van der Waals surface area contributed by atoms with Crippen molar-refractivity contribution in [2.24, 2.45) is 5.41 Å². The van der Waals surface area contributed by atoms with E-state index < -0.39 is 61.5 Å². The fourth-order valence-electron chi connectivity index (χ4n) is 3.51. The third kappa shape index (κ3) is 5.70. The summed E-state index contributed by atoms with van der Waals surface area (Å²) in [6.07, 6.45) is -2.97. The van der Waals surface area contributed by atoms with Crippen LogP contribution in [-0.4, -0.2) is 52.6 Å². The number of methoxy groups -OCH3 is 1. The number of nitrogens with zero attached hydrogens (tertiary/aromatic N) is 2. The summed E-state index contributed by atoms with van der Waals surface area (Å²) >= 11 is 6.10. The molecular weight excluding hydrogens is 519 g/mol. The minimum Gasteiger partial charge on any atom is -0.468 e. The number of aromatic nitrogens is 2. The van der Waals surface area contributed by atoms with Crippen LogP contribution in [0.1, 0.15) is 20.1 Å². The number of ether oxygens (including phenoxy) is 2. The van der Waals surface area contributed by atoms with Gasteiger partial charge >= 0.3 is 19.4 Å². The molecule has 13 nitrogen and oxygen atoms in total. The predicted octanol–water partition coefficient (Wildman–Crippen LogP) is 1.33. The van der Waals surface area contributed by atoms with Crippen molar-refractivity contribution in [3.05, 3.63) is 62.4 Å². The molecule has 1 aliphatic heterocycles. The first-order chi connectivity index (χ1) is 16.9. The zero-order valence-electron chi connectivity index (χ0n) is 19.4. The van der Waals surface area contributed by atoms with Crippen molar-refractivity contribution in [1.82, 2.24) is 14.6 Å². The third-order valence-electron chi connectivity index (χ3n) is 5.50. The van der Waals surface area contributed by atoms with Gasteiger partial charge in [-0.1, -0.05) is 23.7 Å². The second-order valence-electron chi connectivity index (χ2n) is 8.07. The Morgan fingerprint density at radius 2 is 2.11 bits per heavy atom. The van der Waals surface area contributed by atoms with Gasteiger partial charge in [-0.05, 0) is 26.0 Å². The summed E-state index contributed by atoms with van der Waals surface area (Å²) in [5.41, 5.74) is -3.17. The lowest BCUT2D eigenvalue weighted by molar-refractivity contribution is -0.142. The molecule has 1 aromatic heterocycles. The molecule has 1 unspecified atom stereocenters. The molecule has 2 aromatic rings. The van der Waals surface area contributed by atoms with Gasteiger partial charge in [-0.15, -0.1) is 0 Å². The quantitative estimate of drug-likeness (QED) is 0.307. The molecule has 0 spiro atoms. The highest BCUT2D eigenvalue weighted by molar-refractivity contribution is 7.52. The molecule has 15 heteroatoms. The van der Waals surface area contributed by atoms with Gasteiger partial charge < -0.3 is 19.1 Å². The van der Waals surface area contributed by atoms with Crippen LogP contribution in [0, 0.1) is 16.7 Å². The molecule has 3 rings (SSSR count). The Kier molecular flexibility index (Phi) is 8.40. The Morgan fingerprint density at radius 1 is 1.42 bits per heavy atom. The first kappa shape index (κ1) is 27.6. The molecule has 0 amide bonds. The van der Waals surface area contributed by atoms with Crippen LogP contribution < -0.4 is 20.9 Å². The number of hydrogen-bond acceptors (Lipinski definition) is 10. The molecule has 1 fully saturated rings. The molecular formula is C21H24ClN4O9P. The summed E-state index contributed by atoms with van der Waals surface area (Å²) in [4.78, 5) is 37.7. The van der Waals surface area contributed by atoms with Gasteiger partial charge in [0, 0.05) is 12.3 Å². The third-order valence-corrected chi connectivity index (χ3v) is 7.44. The van der Waals surface area contributed by atoms with Crippen LogP contribution in [0.3, 0.4) is 0 Å². The molecule has 3 N–H and O–H groups in total. The van der Waals surface area contributed by atoms with Gasteiger partial charge in [-0.3, -0.25) is 23.7 Å². The lowest BCUT2D eigenvalue weighted by atomic mass is 9.84. The predicted molar refractivity (Wildman–Crippen MR) is 125 cm³/mol. The first-order valence-corrected chi connectivity index (χ1v) is 12.5.